The fourth-order valence-electron chi connectivity index (χ4n) is 2.05. The van der Waals surface area contributed by atoms with E-state index in [-0.39, 0.29) is 19.8 Å². The van der Waals surface area contributed by atoms with Crippen LogP contribution in [0.4, 0.5) is 0 Å². The lowest BCUT2D eigenvalue weighted by molar-refractivity contribution is -0.150. The maximum absolute atomic E-state index is 12.3. The molecule has 0 fully saturated rings. The molecule has 1 rings (SSSR count). The quantitative estimate of drug-likeness (QED) is 0.337. The van der Waals surface area contributed by atoms with Gasteiger partial charge in [-0.05, 0) is 24.1 Å². The largest absolute Gasteiger partial charge is 0.462 e. The van der Waals surface area contributed by atoms with E-state index in [0.717, 1.165) is 17.7 Å². The van der Waals surface area contributed by atoms with Crippen LogP contribution >= 0.6 is 0 Å². The van der Waals surface area contributed by atoms with Crippen molar-refractivity contribution < 1.29 is 28.6 Å². The number of ether oxygens (including phenoxy) is 3. The topological polar surface area (TPSA) is 78.9 Å². The predicted molar refractivity (Wildman–Crippen MR) is 102 cm³/mol. The lowest BCUT2D eigenvalue weighted by atomic mass is 9.88. The van der Waals surface area contributed by atoms with Gasteiger partial charge in [0.2, 0.25) is 0 Å². The minimum Gasteiger partial charge on any atom is -0.462 e. The molecule has 1 aromatic rings. The fraction of sp³-hybridized carbons (Fsp3) is 0.286. The van der Waals surface area contributed by atoms with Crippen molar-refractivity contribution in [1.82, 2.24) is 0 Å². The van der Waals surface area contributed by atoms with E-state index in [9.17, 15) is 14.4 Å². The summed E-state index contributed by atoms with van der Waals surface area (Å²) >= 11 is 0. The first-order valence-electron chi connectivity index (χ1n) is 8.37. The summed E-state index contributed by atoms with van der Waals surface area (Å²) in [5, 5.41) is 0. The molecule has 0 unspecified atom stereocenters. The van der Waals surface area contributed by atoms with Crippen LogP contribution in [-0.2, 0) is 23.8 Å². The molecule has 0 saturated carbocycles. The molecule has 0 spiro atoms. The monoisotopic (exact) mass is 372 g/mol. The molecule has 0 radical (unpaired) electrons. The average molecular weight is 372 g/mol. The van der Waals surface area contributed by atoms with Crippen molar-refractivity contribution in [2.24, 2.45) is 5.41 Å². The van der Waals surface area contributed by atoms with E-state index < -0.39 is 23.3 Å². The second-order valence-corrected chi connectivity index (χ2v) is 5.88. The lowest BCUT2D eigenvalue weighted by Gasteiger charge is -2.30. The molecule has 144 valence electrons. The van der Waals surface area contributed by atoms with Crippen LogP contribution in [0.3, 0.4) is 0 Å². The van der Waals surface area contributed by atoms with Crippen LogP contribution < -0.4 is 0 Å². The third-order valence-electron chi connectivity index (χ3n) is 4.02. The Labute approximate surface area is 159 Å². The molecule has 0 aromatic heterocycles. The summed E-state index contributed by atoms with van der Waals surface area (Å²) in [7, 11) is 0. The van der Waals surface area contributed by atoms with E-state index in [4.69, 9.17) is 14.2 Å². The smallest absolute Gasteiger partial charge is 0.338 e. The van der Waals surface area contributed by atoms with Crippen LogP contribution in [0.25, 0.3) is 6.08 Å². The number of benzene rings is 1. The van der Waals surface area contributed by atoms with Gasteiger partial charge in [-0.25, -0.2) is 14.4 Å². The Morgan fingerprint density at radius 2 is 1.37 bits per heavy atom. The van der Waals surface area contributed by atoms with Gasteiger partial charge in [0.25, 0.3) is 0 Å². The summed E-state index contributed by atoms with van der Waals surface area (Å²) in [5.41, 5.74) is 0.368. The van der Waals surface area contributed by atoms with Gasteiger partial charge in [-0.3, -0.25) is 0 Å². The van der Waals surface area contributed by atoms with Gasteiger partial charge < -0.3 is 14.2 Å². The van der Waals surface area contributed by atoms with Crippen LogP contribution in [0.1, 0.15) is 29.3 Å². The summed E-state index contributed by atoms with van der Waals surface area (Å²) < 4.78 is 15.6. The SMILES string of the molecule is C=CC(=O)OCC(CC)(COC(=O)C=C)COC(=O)c1ccc(C=C)cc1. The molecule has 0 amide bonds. The number of rotatable bonds is 11. The van der Waals surface area contributed by atoms with Crippen molar-refractivity contribution in [3.63, 3.8) is 0 Å². The zero-order valence-electron chi connectivity index (χ0n) is 15.4. The van der Waals surface area contributed by atoms with Gasteiger partial charge >= 0.3 is 17.9 Å². The van der Waals surface area contributed by atoms with E-state index in [2.05, 4.69) is 19.7 Å². The Hall–Kier alpha value is -3.15. The van der Waals surface area contributed by atoms with E-state index in [1.807, 2.05) is 6.92 Å². The summed E-state index contributed by atoms with van der Waals surface area (Å²) in [6.07, 6.45) is 4.16. The van der Waals surface area contributed by atoms with E-state index in [1.165, 1.54) is 0 Å². The minimum atomic E-state index is -0.881. The molecule has 0 saturated heterocycles. The number of carbonyl (C=O) groups excluding carboxylic acids is 3. The molecule has 0 heterocycles. The van der Waals surface area contributed by atoms with E-state index >= 15 is 0 Å². The molecule has 0 aliphatic carbocycles. The number of hydrogen-bond acceptors (Lipinski definition) is 6. The molecule has 6 heteroatoms. The van der Waals surface area contributed by atoms with Crippen molar-refractivity contribution in [2.45, 2.75) is 13.3 Å². The van der Waals surface area contributed by atoms with Gasteiger partial charge in [-0.2, -0.15) is 0 Å². The van der Waals surface area contributed by atoms with Crippen LogP contribution in [0.2, 0.25) is 0 Å². The summed E-state index contributed by atoms with van der Waals surface area (Å²) in [5.74, 6) is -1.77. The Bertz CT molecular complexity index is 678. The second-order valence-electron chi connectivity index (χ2n) is 5.88. The van der Waals surface area contributed by atoms with Crippen molar-refractivity contribution in [3.05, 3.63) is 67.3 Å². The van der Waals surface area contributed by atoms with Crippen molar-refractivity contribution in [2.75, 3.05) is 19.8 Å². The Morgan fingerprint density at radius 3 is 1.78 bits per heavy atom. The predicted octanol–water partition coefficient (Wildman–Crippen LogP) is 3.34. The maximum Gasteiger partial charge on any atom is 0.338 e. The number of hydrogen-bond donors (Lipinski definition) is 0. The highest BCUT2D eigenvalue weighted by molar-refractivity contribution is 5.89. The second kappa shape index (κ2) is 10.8. The van der Waals surface area contributed by atoms with E-state index in [0.29, 0.717) is 12.0 Å². The zero-order chi connectivity index (χ0) is 20.3. The fourth-order valence-corrected chi connectivity index (χ4v) is 2.05. The standard InChI is InChI=1S/C21H24O6/c1-5-16-9-11-17(12-10-16)20(24)27-15-21(8-4,13-25-18(22)6-2)14-26-19(23)7-3/h5-7,9-12H,1-3,8,13-15H2,4H3. The van der Waals surface area contributed by atoms with Crippen LogP contribution in [0.15, 0.2) is 56.2 Å². The highest BCUT2D eigenvalue weighted by Crippen LogP contribution is 2.25. The van der Waals surface area contributed by atoms with Gasteiger partial charge in [-0.1, -0.05) is 44.9 Å². The summed E-state index contributed by atoms with van der Waals surface area (Å²) in [6.45, 7) is 11.9. The molecule has 0 N–H and O–H groups in total. The number of esters is 3. The highest BCUT2D eigenvalue weighted by Gasteiger charge is 2.34. The third-order valence-corrected chi connectivity index (χ3v) is 4.02. The zero-order valence-corrected chi connectivity index (χ0v) is 15.4. The van der Waals surface area contributed by atoms with Crippen LogP contribution in [-0.4, -0.2) is 37.7 Å². The molecule has 27 heavy (non-hydrogen) atoms. The van der Waals surface area contributed by atoms with Gasteiger partial charge in [0.15, 0.2) is 0 Å². The minimum absolute atomic E-state index is 0.0958. The number of carbonyl (C=O) groups is 3. The molecule has 0 bridgehead atoms. The van der Waals surface area contributed by atoms with Crippen molar-refractivity contribution >= 4 is 24.0 Å². The maximum atomic E-state index is 12.3. The first-order valence-corrected chi connectivity index (χ1v) is 8.37. The molecule has 1 aromatic carbocycles. The van der Waals surface area contributed by atoms with Crippen LogP contribution in [0.5, 0.6) is 0 Å². The molecule has 0 atom stereocenters. The third kappa shape index (κ3) is 6.93. The molecule has 0 aliphatic rings. The molecular formula is C21H24O6. The lowest BCUT2D eigenvalue weighted by Crippen LogP contribution is -2.38. The van der Waals surface area contributed by atoms with Gasteiger partial charge in [-0.15, -0.1) is 0 Å². The van der Waals surface area contributed by atoms with Crippen molar-refractivity contribution in [1.29, 1.82) is 0 Å². The molecule has 6 nitrogen and oxygen atoms in total. The van der Waals surface area contributed by atoms with Crippen LogP contribution in [0, 0.1) is 5.41 Å². The molecule has 0 aliphatic heterocycles. The first kappa shape index (κ1) is 21.9. The summed E-state index contributed by atoms with van der Waals surface area (Å²) in [6, 6.07) is 6.74. The summed E-state index contributed by atoms with van der Waals surface area (Å²) in [4.78, 5) is 35.1. The van der Waals surface area contributed by atoms with E-state index in [1.54, 1.807) is 30.3 Å². The average Bonchev–Trinajstić information content (AvgIpc) is 2.72. The Morgan fingerprint density at radius 1 is 0.889 bits per heavy atom. The van der Waals surface area contributed by atoms with Gasteiger partial charge in [0, 0.05) is 12.2 Å². The highest BCUT2D eigenvalue weighted by atomic mass is 16.6. The first-order chi connectivity index (χ1) is 12.9. The van der Waals surface area contributed by atoms with Gasteiger partial charge in [0.05, 0.1) is 11.0 Å². The Kier molecular flexibility index (Phi) is 8.72. The van der Waals surface area contributed by atoms with Crippen molar-refractivity contribution in [3.8, 4) is 0 Å². The normalized spacial score (nSPS) is 10.4. The van der Waals surface area contributed by atoms with Gasteiger partial charge in [0.1, 0.15) is 19.8 Å². The Balaban J connectivity index is 2.85. The molecular weight excluding hydrogens is 348 g/mol.